The highest BCUT2D eigenvalue weighted by Gasteiger charge is 2.52. The number of urea groups is 1. The van der Waals surface area contributed by atoms with E-state index in [0.29, 0.717) is 18.3 Å². The van der Waals surface area contributed by atoms with Crippen molar-refractivity contribution in [1.29, 1.82) is 0 Å². The van der Waals surface area contributed by atoms with Gasteiger partial charge in [0.15, 0.2) is 0 Å². The molecule has 25 heavy (non-hydrogen) atoms. The van der Waals surface area contributed by atoms with Gasteiger partial charge in [-0.05, 0) is 27.2 Å². The predicted octanol–water partition coefficient (Wildman–Crippen LogP) is 1.13. The van der Waals surface area contributed by atoms with Gasteiger partial charge in [-0.3, -0.25) is 14.6 Å². The van der Waals surface area contributed by atoms with E-state index in [9.17, 15) is 9.59 Å². The van der Waals surface area contributed by atoms with E-state index in [1.165, 1.54) is 9.80 Å². The summed E-state index contributed by atoms with van der Waals surface area (Å²) in [4.78, 5) is 32.9. The van der Waals surface area contributed by atoms with Crippen LogP contribution in [0.5, 0.6) is 0 Å². The molecule has 3 amide bonds. The molecule has 1 saturated heterocycles. The van der Waals surface area contributed by atoms with Crippen LogP contribution in [0.1, 0.15) is 36.7 Å². The van der Waals surface area contributed by atoms with Crippen LogP contribution in [-0.4, -0.2) is 74.6 Å². The van der Waals surface area contributed by atoms with E-state index >= 15 is 0 Å². The fraction of sp³-hybridized carbons (Fsp3) is 0.588. The van der Waals surface area contributed by atoms with Crippen LogP contribution in [0.4, 0.5) is 4.79 Å². The van der Waals surface area contributed by atoms with Gasteiger partial charge >= 0.3 is 12.0 Å². The smallest absolute Gasteiger partial charge is 0.270 e. The third-order valence-corrected chi connectivity index (χ3v) is 5.10. The molecule has 0 saturated carbocycles. The Labute approximate surface area is 147 Å². The van der Waals surface area contributed by atoms with E-state index in [-0.39, 0.29) is 11.9 Å². The molecule has 0 N–H and O–H groups in total. The first-order valence-electron chi connectivity index (χ1n) is 8.60. The first kappa shape index (κ1) is 17.3. The Morgan fingerprint density at radius 2 is 1.88 bits per heavy atom. The largest absolute Gasteiger partial charge is 0.421 e. The van der Waals surface area contributed by atoms with Gasteiger partial charge in [-0.2, -0.15) is 0 Å². The third-order valence-electron chi connectivity index (χ3n) is 5.10. The molecule has 8 heteroatoms. The van der Waals surface area contributed by atoms with Gasteiger partial charge in [-0.1, -0.05) is 18.3 Å². The molecule has 0 bridgehead atoms. The van der Waals surface area contributed by atoms with Gasteiger partial charge in [0.25, 0.3) is 5.91 Å². The van der Waals surface area contributed by atoms with E-state index in [4.69, 9.17) is 0 Å². The van der Waals surface area contributed by atoms with Crippen molar-refractivity contribution < 1.29 is 14.2 Å². The molecule has 3 rings (SSSR count). The van der Waals surface area contributed by atoms with E-state index < -0.39 is 6.04 Å². The summed E-state index contributed by atoms with van der Waals surface area (Å²) < 4.78 is 3.55. The number of aliphatic imine (C=N–C) groups is 1. The summed E-state index contributed by atoms with van der Waals surface area (Å²) in [6.07, 6.45) is 1.71. The number of hydrogen-bond acceptors (Lipinski definition) is 4. The second-order valence-electron chi connectivity index (χ2n) is 6.68. The molecule has 1 atom stereocenters. The number of aromatic nitrogens is 2. The highest BCUT2D eigenvalue weighted by Crippen LogP contribution is 2.21. The second kappa shape index (κ2) is 6.09. The zero-order valence-corrected chi connectivity index (χ0v) is 15.7. The molecule has 0 spiro atoms. The summed E-state index contributed by atoms with van der Waals surface area (Å²) in [5.41, 5.74) is 3.00. The van der Waals surface area contributed by atoms with Gasteiger partial charge in [-0.25, -0.2) is 9.37 Å². The van der Waals surface area contributed by atoms with Gasteiger partial charge in [0.1, 0.15) is 5.69 Å². The third kappa shape index (κ3) is 2.47. The fourth-order valence-electron chi connectivity index (χ4n) is 3.22. The zero-order chi connectivity index (χ0) is 18.5. The maximum absolute atomic E-state index is 12.9. The Morgan fingerprint density at radius 3 is 2.44 bits per heavy atom. The van der Waals surface area contributed by atoms with Crippen LogP contribution in [0.2, 0.25) is 0 Å². The average Bonchev–Trinajstić information content (AvgIpc) is 3.05. The van der Waals surface area contributed by atoms with Crippen molar-refractivity contribution in [2.45, 2.75) is 46.6 Å². The number of likely N-dealkylation sites (N-methyl/N-ethyl adjacent to an activating group) is 2. The summed E-state index contributed by atoms with van der Waals surface area (Å²) in [5.74, 6) is 0.815. The predicted molar refractivity (Wildman–Crippen MR) is 94.0 cm³/mol. The van der Waals surface area contributed by atoms with Crippen molar-refractivity contribution >= 4 is 23.7 Å². The molecule has 0 aliphatic carbocycles. The molecule has 1 unspecified atom stereocenters. The number of amides is 3. The molecule has 134 valence electrons. The highest BCUT2D eigenvalue weighted by atomic mass is 16.2. The van der Waals surface area contributed by atoms with E-state index in [2.05, 4.69) is 10.1 Å². The lowest BCUT2D eigenvalue weighted by molar-refractivity contribution is -0.507. The average molecular weight is 345 g/mol. The molecule has 2 aliphatic rings. The number of imide groups is 1. The van der Waals surface area contributed by atoms with Crippen molar-refractivity contribution in [2.75, 3.05) is 20.6 Å². The van der Waals surface area contributed by atoms with Crippen LogP contribution in [0.25, 0.3) is 0 Å². The summed E-state index contributed by atoms with van der Waals surface area (Å²) in [5, 5.41) is 4.54. The van der Waals surface area contributed by atoms with Gasteiger partial charge in [-0.15, -0.1) is 9.78 Å². The number of fused-ring (bicyclic) bond motifs is 1. The Balaban J connectivity index is 2.05. The lowest BCUT2D eigenvalue weighted by atomic mass is 10.1. The van der Waals surface area contributed by atoms with Crippen molar-refractivity contribution in [3.8, 4) is 0 Å². The maximum Gasteiger partial charge on any atom is 0.421 e. The highest BCUT2D eigenvalue weighted by molar-refractivity contribution is 6.22. The summed E-state index contributed by atoms with van der Waals surface area (Å²) in [7, 11) is 3.49. The van der Waals surface area contributed by atoms with Crippen molar-refractivity contribution in [1.82, 2.24) is 19.6 Å². The zero-order valence-electron chi connectivity index (χ0n) is 15.7. The van der Waals surface area contributed by atoms with Crippen LogP contribution < -0.4 is 0 Å². The van der Waals surface area contributed by atoms with Crippen LogP contribution in [-0.2, 0) is 4.79 Å². The van der Waals surface area contributed by atoms with Crippen molar-refractivity contribution in [3.63, 3.8) is 0 Å². The molecule has 1 fully saturated rings. The quantitative estimate of drug-likeness (QED) is 0.771. The molecule has 0 aromatic carbocycles. The molecule has 8 nitrogen and oxygen atoms in total. The molecular formula is C17H25N6O2+. The number of amidine groups is 1. The van der Waals surface area contributed by atoms with Gasteiger partial charge in [0.05, 0.1) is 12.7 Å². The summed E-state index contributed by atoms with van der Waals surface area (Å²) >= 11 is 0. The number of hydrogen-bond donors (Lipinski definition) is 0. The lowest BCUT2D eigenvalue weighted by Crippen LogP contribution is -2.62. The Bertz CT molecular complexity index is 819. The van der Waals surface area contributed by atoms with Gasteiger partial charge in [0.2, 0.25) is 11.9 Å². The van der Waals surface area contributed by atoms with Gasteiger partial charge in [0, 0.05) is 19.2 Å². The Kier molecular flexibility index (Phi) is 4.22. The number of carbonyl (C=O) groups excluding carboxylic acids is 2. The van der Waals surface area contributed by atoms with E-state index in [0.717, 1.165) is 29.8 Å². The molecule has 3 heterocycles. The van der Waals surface area contributed by atoms with E-state index in [1.54, 1.807) is 16.3 Å². The van der Waals surface area contributed by atoms with Crippen molar-refractivity contribution in [3.05, 3.63) is 17.0 Å². The minimum absolute atomic E-state index is 0.217. The minimum Gasteiger partial charge on any atom is -0.270 e. The number of nitrogens with zero attached hydrogens (tertiary/aromatic N) is 6. The number of unbranched alkanes of at least 4 members (excludes halogenated alkanes) is 1. The van der Waals surface area contributed by atoms with Crippen LogP contribution in [0, 0.1) is 20.8 Å². The minimum atomic E-state index is -0.584. The Morgan fingerprint density at radius 1 is 1.20 bits per heavy atom. The van der Waals surface area contributed by atoms with Crippen LogP contribution >= 0.6 is 0 Å². The molecule has 2 aliphatic heterocycles. The second-order valence-corrected chi connectivity index (χ2v) is 6.68. The van der Waals surface area contributed by atoms with Crippen molar-refractivity contribution in [2.24, 2.45) is 4.99 Å². The SMILES string of the molecule is CCCCN1C(=O)C2C(=NC(n3nc(C)c(C)c3C)=[N+]2C)N(C)C1=O. The maximum atomic E-state index is 12.9. The first-order valence-corrected chi connectivity index (χ1v) is 8.60. The van der Waals surface area contributed by atoms with Crippen LogP contribution in [0.15, 0.2) is 4.99 Å². The van der Waals surface area contributed by atoms with Crippen LogP contribution in [0.3, 0.4) is 0 Å². The van der Waals surface area contributed by atoms with E-state index in [1.807, 2.05) is 34.7 Å². The molecule has 0 radical (unpaired) electrons. The molecular weight excluding hydrogens is 320 g/mol. The topological polar surface area (TPSA) is 73.8 Å². The summed E-state index contributed by atoms with van der Waals surface area (Å²) in [6, 6.07) is -0.897. The first-order chi connectivity index (χ1) is 11.8. The fourth-order valence-corrected chi connectivity index (χ4v) is 3.22. The number of carbonyl (C=O) groups is 2. The van der Waals surface area contributed by atoms with Gasteiger partial charge < -0.3 is 0 Å². The number of aryl methyl sites for hydroxylation is 1. The lowest BCUT2D eigenvalue weighted by Gasteiger charge is -2.33. The normalized spacial score (nSPS) is 20.6. The number of rotatable bonds is 3. The molecule has 1 aromatic heterocycles. The Hall–Kier alpha value is -2.51. The standard InChI is InChI=1S/C17H25N6O2/c1-7-8-9-22-15(24)13-14(21(6)17(22)25)18-16(20(13)5)23-12(4)10(2)11(3)19-23/h13H,7-9H2,1-6H3/q+1. The monoisotopic (exact) mass is 345 g/mol. The molecule has 1 aromatic rings. The summed E-state index contributed by atoms with van der Waals surface area (Å²) in [6.45, 7) is 8.40.